The van der Waals surface area contributed by atoms with Crippen LogP contribution < -0.4 is 0 Å². The number of carbonyl (C=O) groups excluding carboxylic acids is 3. The minimum absolute atomic E-state index is 0.0852. The van der Waals surface area contributed by atoms with E-state index in [4.69, 9.17) is 4.74 Å². The van der Waals surface area contributed by atoms with E-state index < -0.39 is 0 Å². The number of carbonyl (C=O) groups is 3. The average Bonchev–Trinajstić information content (AvgIpc) is 2.85. The van der Waals surface area contributed by atoms with Crippen LogP contribution in [0.25, 0.3) is 0 Å². The average molecular weight is 503 g/mol. The first-order valence-electron chi connectivity index (χ1n) is 12.4. The lowest BCUT2D eigenvalue weighted by atomic mass is 10.0. The van der Waals surface area contributed by atoms with Crippen molar-refractivity contribution in [1.82, 2.24) is 0 Å². The summed E-state index contributed by atoms with van der Waals surface area (Å²) in [5.74, 6) is -0.635. The van der Waals surface area contributed by atoms with Crippen molar-refractivity contribution in [2.75, 3.05) is 13.7 Å². The van der Waals surface area contributed by atoms with E-state index >= 15 is 0 Å². The maximum Gasteiger partial charge on any atom is 0.310 e. The van der Waals surface area contributed by atoms with Crippen molar-refractivity contribution in [1.29, 1.82) is 0 Å². The number of Topliss-reactive ketones (excluding diaryl/α,β-unsaturated/α-hetero) is 1. The molecule has 3 rings (SSSR count). The zero-order valence-corrected chi connectivity index (χ0v) is 23.1. The van der Waals surface area contributed by atoms with Gasteiger partial charge in [0.05, 0.1) is 20.0 Å². The van der Waals surface area contributed by atoms with Crippen molar-refractivity contribution >= 4 is 17.7 Å². The molecule has 196 valence electrons. The van der Waals surface area contributed by atoms with Gasteiger partial charge in [-0.2, -0.15) is 0 Å². The maximum atomic E-state index is 12.1. The van der Waals surface area contributed by atoms with Gasteiger partial charge in [-0.3, -0.25) is 14.4 Å². The summed E-state index contributed by atoms with van der Waals surface area (Å²) in [5, 5.41) is 0. The number of esters is 2. The minimum atomic E-state index is -0.363. The van der Waals surface area contributed by atoms with Crippen LogP contribution >= 0.6 is 0 Å². The van der Waals surface area contributed by atoms with Gasteiger partial charge in [0.25, 0.3) is 0 Å². The van der Waals surface area contributed by atoms with E-state index in [0.29, 0.717) is 12.8 Å². The predicted molar refractivity (Wildman–Crippen MR) is 147 cm³/mol. The summed E-state index contributed by atoms with van der Waals surface area (Å²) in [4.78, 5) is 35.1. The molecule has 5 heteroatoms. The lowest BCUT2D eigenvalue weighted by molar-refractivity contribution is -0.147. The summed E-state index contributed by atoms with van der Waals surface area (Å²) in [6, 6.07) is 18.1. The van der Waals surface area contributed by atoms with Crippen LogP contribution in [0.1, 0.15) is 50.1 Å². The summed E-state index contributed by atoms with van der Waals surface area (Å²) >= 11 is 0. The molecule has 0 unspecified atom stereocenters. The van der Waals surface area contributed by atoms with E-state index in [2.05, 4.69) is 4.74 Å². The highest BCUT2D eigenvalue weighted by atomic mass is 16.5. The van der Waals surface area contributed by atoms with E-state index in [0.717, 1.165) is 44.5 Å². The molecule has 0 saturated heterocycles. The van der Waals surface area contributed by atoms with Gasteiger partial charge >= 0.3 is 11.9 Å². The first-order chi connectivity index (χ1) is 17.5. The minimum Gasteiger partial charge on any atom is -0.469 e. The van der Waals surface area contributed by atoms with Crippen molar-refractivity contribution < 1.29 is 23.9 Å². The van der Waals surface area contributed by atoms with Crippen LogP contribution in [-0.4, -0.2) is 31.4 Å². The number of rotatable bonds is 8. The zero-order chi connectivity index (χ0) is 27.5. The van der Waals surface area contributed by atoms with Crippen LogP contribution in [-0.2, 0) is 43.1 Å². The van der Waals surface area contributed by atoms with E-state index in [1.165, 1.54) is 12.7 Å². The molecule has 0 aliphatic rings. The second kappa shape index (κ2) is 14.1. The quantitative estimate of drug-likeness (QED) is 0.362. The second-order valence-electron chi connectivity index (χ2n) is 9.60. The van der Waals surface area contributed by atoms with E-state index in [1.807, 2.05) is 96.1 Å². The molecule has 0 atom stereocenters. The number of benzene rings is 3. The van der Waals surface area contributed by atoms with Crippen molar-refractivity contribution in [3.8, 4) is 0 Å². The fraction of sp³-hybridized carbons (Fsp3) is 0.344. The van der Waals surface area contributed by atoms with Crippen molar-refractivity contribution in [2.24, 2.45) is 0 Å². The molecule has 37 heavy (non-hydrogen) atoms. The number of hydrogen-bond acceptors (Lipinski definition) is 5. The Bertz CT molecular complexity index is 1190. The van der Waals surface area contributed by atoms with Gasteiger partial charge in [0.1, 0.15) is 6.61 Å². The predicted octanol–water partition coefficient (Wildman–Crippen LogP) is 5.84. The molecule has 0 spiro atoms. The molecule has 0 aliphatic carbocycles. The first kappa shape index (κ1) is 29.5. The molecular weight excluding hydrogens is 464 g/mol. The highest BCUT2D eigenvalue weighted by Gasteiger charge is 2.12. The molecule has 3 aromatic carbocycles. The number of methoxy groups -OCH3 is 1. The summed E-state index contributed by atoms with van der Waals surface area (Å²) in [5.41, 5.74) is 9.65. The van der Waals surface area contributed by atoms with Gasteiger partial charge in [0.15, 0.2) is 5.78 Å². The maximum absolute atomic E-state index is 12.1. The smallest absolute Gasteiger partial charge is 0.310 e. The Kier molecular flexibility index (Phi) is 11.3. The van der Waals surface area contributed by atoms with E-state index in [-0.39, 0.29) is 30.7 Å². The number of aryl methyl sites for hydroxylation is 6. The Morgan fingerprint density at radius 3 is 1.35 bits per heavy atom. The van der Waals surface area contributed by atoms with Crippen molar-refractivity contribution in [3.63, 3.8) is 0 Å². The van der Waals surface area contributed by atoms with Crippen LogP contribution in [0.5, 0.6) is 0 Å². The molecule has 0 aliphatic heterocycles. The second-order valence-corrected chi connectivity index (χ2v) is 9.60. The molecule has 0 N–H and O–H groups in total. The highest BCUT2D eigenvalue weighted by Crippen LogP contribution is 2.14. The third-order valence-corrected chi connectivity index (χ3v) is 6.19. The number of ether oxygens (including phenoxy) is 2. The third kappa shape index (κ3) is 10.0. The molecule has 0 aromatic heterocycles. The summed E-state index contributed by atoms with van der Waals surface area (Å²) in [7, 11) is 1.41. The topological polar surface area (TPSA) is 69.7 Å². The molecule has 0 amide bonds. The highest BCUT2D eigenvalue weighted by molar-refractivity contribution is 5.85. The monoisotopic (exact) mass is 502 g/mol. The number of ketones is 1. The standard InChI is InChI=1S/C21H24O3.C11H14O2/c1-14-5-7-16(3)18(9-14)11-20(22)13-24-21(23)12-19-10-15(2)6-8-17(19)4;1-8-4-5-9(2)10(6-8)7-11(12)13-3/h5-10H,11-13H2,1-4H3;4-6H,7H2,1-3H3. The van der Waals surface area contributed by atoms with Gasteiger partial charge < -0.3 is 9.47 Å². The fourth-order valence-corrected chi connectivity index (χ4v) is 3.83. The SMILES string of the molecule is COC(=O)Cc1cc(C)ccc1C.Cc1ccc(C)c(CC(=O)COC(=O)Cc2cc(C)ccc2C)c1. The molecule has 0 heterocycles. The van der Waals surface area contributed by atoms with Gasteiger partial charge in [-0.05, 0) is 74.9 Å². The largest absolute Gasteiger partial charge is 0.469 e. The lowest BCUT2D eigenvalue weighted by Gasteiger charge is -2.09. The molecule has 0 saturated carbocycles. The molecule has 0 fully saturated rings. The van der Waals surface area contributed by atoms with Gasteiger partial charge in [-0.1, -0.05) is 71.3 Å². The van der Waals surface area contributed by atoms with Gasteiger partial charge in [-0.25, -0.2) is 0 Å². The molecular formula is C32H38O5. The van der Waals surface area contributed by atoms with Crippen LogP contribution in [0, 0.1) is 41.5 Å². The Morgan fingerprint density at radius 2 is 0.946 bits per heavy atom. The molecule has 0 radical (unpaired) electrons. The van der Waals surface area contributed by atoms with E-state index in [1.54, 1.807) is 0 Å². The molecule has 5 nitrogen and oxygen atoms in total. The normalized spacial score (nSPS) is 10.2. The summed E-state index contributed by atoms with van der Waals surface area (Å²) in [6.07, 6.45) is 0.860. The van der Waals surface area contributed by atoms with Crippen molar-refractivity contribution in [2.45, 2.75) is 60.8 Å². The summed E-state index contributed by atoms with van der Waals surface area (Å²) in [6.45, 7) is 11.8. The Balaban J connectivity index is 0.000000312. The van der Waals surface area contributed by atoms with Crippen LogP contribution in [0.4, 0.5) is 0 Å². The van der Waals surface area contributed by atoms with Gasteiger partial charge in [0.2, 0.25) is 0 Å². The van der Waals surface area contributed by atoms with Gasteiger partial charge in [-0.15, -0.1) is 0 Å². The lowest BCUT2D eigenvalue weighted by Crippen LogP contribution is -2.17. The Hall–Kier alpha value is -3.73. The van der Waals surface area contributed by atoms with Crippen molar-refractivity contribution in [3.05, 3.63) is 105 Å². The summed E-state index contributed by atoms with van der Waals surface area (Å²) < 4.78 is 9.77. The zero-order valence-electron chi connectivity index (χ0n) is 23.1. The Morgan fingerprint density at radius 1 is 0.568 bits per heavy atom. The molecule has 3 aromatic rings. The van der Waals surface area contributed by atoms with Crippen LogP contribution in [0.3, 0.4) is 0 Å². The molecule has 0 bridgehead atoms. The fourth-order valence-electron chi connectivity index (χ4n) is 3.83. The van der Waals surface area contributed by atoms with Crippen LogP contribution in [0.15, 0.2) is 54.6 Å². The number of hydrogen-bond donors (Lipinski definition) is 0. The first-order valence-corrected chi connectivity index (χ1v) is 12.4. The third-order valence-electron chi connectivity index (χ3n) is 6.19. The van der Waals surface area contributed by atoms with E-state index in [9.17, 15) is 14.4 Å². The van der Waals surface area contributed by atoms with Gasteiger partial charge in [0, 0.05) is 6.42 Å². The Labute approximate surface area is 220 Å². The van der Waals surface area contributed by atoms with Crippen LogP contribution in [0.2, 0.25) is 0 Å².